The number of allylic oxidation sites excluding steroid dienone is 2. The van der Waals surface area contributed by atoms with Crippen LogP contribution in [0.15, 0.2) is 102 Å². The van der Waals surface area contributed by atoms with E-state index < -0.39 is 34.9 Å². The monoisotopic (exact) mass is 1710 g/mol. The van der Waals surface area contributed by atoms with Crippen LogP contribution in [0.3, 0.4) is 0 Å². The van der Waals surface area contributed by atoms with E-state index in [2.05, 4.69) is 230 Å². The molecule has 22 nitrogen and oxygen atoms in total. The number of halogens is 7. The number of aliphatic imine (C=N–C) groups is 2. The van der Waals surface area contributed by atoms with Gasteiger partial charge in [-0.1, -0.05) is 63.5 Å². The van der Waals surface area contributed by atoms with Gasteiger partial charge in [-0.25, -0.2) is 30.7 Å². The molecule has 33 heteroatoms. The molecule has 119 heavy (non-hydrogen) atoms. The first-order valence-electron chi connectivity index (χ1n) is 39.9. The molecule has 4 aromatic carbocycles. The van der Waals surface area contributed by atoms with Crippen molar-refractivity contribution < 1.29 is 30.7 Å². The van der Waals surface area contributed by atoms with E-state index in [0.29, 0.717) is 76.8 Å². The molecule has 6 aliphatic heterocycles. The molecule has 4 saturated heterocycles. The summed E-state index contributed by atoms with van der Waals surface area (Å²) in [5.41, 5.74) is 5.05. The first-order chi connectivity index (χ1) is 55.8. The van der Waals surface area contributed by atoms with Gasteiger partial charge in [-0.2, -0.15) is 10.2 Å². The number of nitrogens with zero attached hydrogens (tertiary/aromatic N) is 16. The normalized spacial score (nSPS) is 19.5. The number of rotatable bonds is 16. The van der Waals surface area contributed by atoms with Gasteiger partial charge in [0.25, 0.3) is 0 Å². The first kappa shape index (κ1) is 87.7. The lowest BCUT2D eigenvalue weighted by Crippen LogP contribution is -2.61. The van der Waals surface area contributed by atoms with Crippen LogP contribution < -0.4 is 40.9 Å². The Morgan fingerprint density at radius 1 is 0.319 bits per heavy atom. The lowest BCUT2D eigenvalue weighted by Gasteiger charge is -2.48. The van der Waals surface area contributed by atoms with Crippen molar-refractivity contribution in [1.29, 1.82) is 0 Å². The van der Waals surface area contributed by atoms with Crippen molar-refractivity contribution in [1.82, 2.24) is 82.5 Å². The molecule has 16 rings (SSSR count). The molecule has 0 radical (unpaired) electrons. The standard InChI is InChI=1S/C22H27F2N5S.C22H28FN5S.2C21H26F2N6S/c1-21(2)10-14(11-22(3,4)28-21)29(5)20-27-26-19(30-20)16-7-6-15(17(23)18(16)24)13-8-9-25-12-13;1-21(2)11-16(12-22(3,4)27-21)28(5)20-26-25-19(29-20)17-7-6-14(10-18(17)23)15-8-9-24-13-15;1-20(2)8-13(9-21(3,4)28-20)29(5)19-27-26-18(30-19)15-7-16(22)14(6-17(15)23)12-10-24-25-11-12;1-20(2)8-13(9-21(3,4)28-20)29(5)19-27-26-18(30-19)15-7-6-14(16(22)17(15)23)12-10-24-25-11-12/h6-9,14,28H,10-12H2,1-5H3;6-10,16,27H,11-13H2,1-5H3;2*6-7,10-11,13,28H,8-9H2,1-5H3,(H,24,25). The van der Waals surface area contributed by atoms with Gasteiger partial charge in [-0.15, -0.1) is 40.8 Å². The van der Waals surface area contributed by atoms with Gasteiger partial charge in [0.05, 0.1) is 42.2 Å². The lowest BCUT2D eigenvalue weighted by molar-refractivity contribution is 0.160. The minimum absolute atomic E-state index is 0.00208. The molecule has 0 spiro atoms. The molecule has 0 amide bonds. The van der Waals surface area contributed by atoms with Gasteiger partial charge < -0.3 is 40.9 Å². The van der Waals surface area contributed by atoms with Gasteiger partial charge in [-0.3, -0.25) is 20.2 Å². The summed E-state index contributed by atoms with van der Waals surface area (Å²) in [5.74, 6) is -4.94. The molecule has 12 heterocycles. The van der Waals surface area contributed by atoms with Gasteiger partial charge >= 0.3 is 0 Å². The Morgan fingerprint density at radius 2 is 0.605 bits per heavy atom. The van der Waals surface area contributed by atoms with E-state index in [1.165, 1.54) is 82.3 Å². The Balaban J connectivity index is 0.000000137. The maximum absolute atomic E-state index is 14.8. The fourth-order valence-corrected chi connectivity index (χ4v) is 21.8. The zero-order valence-corrected chi connectivity index (χ0v) is 74.4. The Kier molecular flexibility index (Phi) is 25.1. The second-order valence-electron chi connectivity index (χ2n) is 37.2. The third-order valence-electron chi connectivity index (χ3n) is 22.5. The topological polar surface area (TPSA) is 246 Å². The molecule has 6 aliphatic rings. The molecule has 0 bridgehead atoms. The van der Waals surface area contributed by atoms with Crippen LogP contribution in [0.1, 0.15) is 173 Å². The largest absolute Gasteiger partial charge is 0.347 e. The lowest BCUT2D eigenvalue weighted by atomic mass is 9.79. The summed E-state index contributed by atoms with van der Waals surface area (Å²) >= 11 is 5.28. The van der Waals surface area contributed by atoms with E-state index in [-0.39, 0.29) is 102 Å². The molecule has 6 N–H and O–H groups in total. The van der Waals surface area contributed by atoms with Crippen molar-refractivity contribution in [2.24, 2.45) is 9.98 Å². The minimum atomic E-state index is -0.928. The van der Waals surface area contributed by atoms with Crippen LogP contribution >= 0.6 is 45.3 Å². The molecular formula is C86H107F7N22S4. The van der Waals surface area contributed by atoms with Gasteiger partial charge in [-0.05, 0) is 227 Å². The molecule has 0 unspecified atom stereocenters. The summed E-state index contributed by atoms with van der Waals surface area (Å²) in [5, 5.41) is 66.2. The van der Waals surface area contributed by atoms with Gasteiger partial charge in [0.15, 0.2) is 43.3 Å². The van der Waals surface area contributed by atoms with Crippen LogP contribution in [0.5, 0.6) is 0 Å². The summed E-state index contributed by atoms with van der Waals surface area (Å²) in [6.07, 6.45) is 20.7. The van der Waals surface area contributed by atoms with Gasteiger partial charge in [0, 0.05) is 155 Å². The first-order valence-corrected chi connectivity index (χ1v) is 43.1. The quantitative estimate of drug-likeness (QED) is 0.0492. The number of hydrogen-bond acceptors (Lipinski definition) is 24. The van der Waals surface area contributed by atoms with Crippen molar-refractivity contribution in [2.45, 2.75) is 231 Å². The van der Waals surface area contributed by atoms with E-state index in [9.17, 15) is 30.7 Å². The molecule has 0 aliphatic carbocycles. The van der Waals surface area contributed by atoms with Crippen LogP contribution in [-0.2, 0) is 0 Å². The Bertz CT molecular complexity index is 5230. The number of hydrogen-bond donors (Lipinski definition) is 6. The molecule has 10 aromatic rings. The highest BCUT2D eigenvalue weighted by Crippen LogP contribution is 2.44. The van der Waals surface area contributed by atoms with Crippen LogP contribution in [-0.4, -0.2) is 183 Å². The molecule has 6 aromatic heterocycles. The molecule has 4 fully saturated rings. The molecule has 0 atom stereocenters. The SMILES string of the molecule is CN(c1nnc(-c2cc(F)c(-c3cn[nH]c3)cc2F)s1)C1CC(C)(C)NC(C)(C)C1.CN(c1nnc(-c2ccc(-c3cn[nH]c3)c(F)c2F)s1)C1CC(C)(C)NC(C)(C)C1.CN(c1nnc(-c2ccc(C3=CC=NC3)c(F)c2F)s1)C1CC(C)(C)NC(C)(C)C1.CN(c1nnc(-c2ccc(C3=CC=NC3)cc2F)s1)C1CC(C)(C)NC(C)(C)C1. The number of aromatic nitrogens is 12. The fourth-order valence-electron chi connectivity index (χ4n) is 18.2. The number of H-pyrrole nitrogens is 2. The van der Waals surface area contributed by atoms with Crippen molar-refractivity contribution in [3.63, 3.8) is 0 Å². The van der Waals surface area contributed by atoms with Crippen molar-refractivity contribution >= 4 is 89.4 Å². The second-order valence-corrected chi connectivity index (χ2v) is 41.1. The zero-order chi connectivity index (χ0) is 85.9. The number of aromatic amines is 2. The van der Waals surface area contributed by atoms with Gasteiger partial charge in [0.1, 0.15) is 17.5 Å². The average Bonchev–Trinajstić information content (AvgIpc) is 1.75. The van der Waals surface area contributed by atoms with Crippen LogP contribution in [0, 0.1) is 40.7 Å². The predicted molar refractivity (Wildman–Crippen MR) is 470 cm³/mol. The van der Waals surface area contributed by atoms with Crippen LogP contribution in [0.2, 0.25) is 0 Å². The summed E-state index contributed by atoms with van der Waals surface area (Å²) in [7, 11) is 8.05. The highest BCUT2D eigenvalue weighted by atomic mass is 32.1. The van der Waals surface area contributed by atoms with Crippen LogP contribution in [0.25, 0.3) is 75.7 Å². The summed E-state index contributed by atoms with van der Waals surface area (Å²) < 4.78 is 103. The number of benzene rings is 4. The molecular weight excluding hydrogens is 1600 g/mol. The van der Waals surface area contributed by atoms with E-state index >= 15 is 0 Å². The van der Waals surface area contributed by atoms with Crippen molar-refractivity contribution in [3.8, 4) is 64.5 Å². The van der Waals surface area contributed by atoms with E-state index in [1.807, 2.05) is 33.3 Å². The van der Waals surface area contributed by atoms with Crippen LogP contribution in [0.4, 0.5) is 51.3 Å². The summed E-state index contributed by atoms with van der Waals surface area (Å²) in [4.78, 5) is 16.8. The minimum Gasteiger partial charge on any atom is -0.347 e. The summed E-state index contributed by atoms with van der Waals surface area (Å²) in [6, 6.07) is 15.1. The highest BCUT2D eigenvalue weighted by molar-refractivity contribution is 7.19. The number of nitrogens with one attached hydrogen (secondary N) is 6. The van der Waals surface area contributed by atoms with Crippen molar-refractivity contribution in [2.75, 3.05) is 60.9 Å². The maximum Gasteiger partial charge on any atom is 0.208 e. The molecule has 0 saturated carbocycles. The van der Waals surface area contributed by atoms with Gasteiger partial charge in [0.2, 0.25) is 20.5 Å². The Morgan fingerprint density at radius 3 is 0.950 bits per heavy atom. The maximum atomic E-state index is 14.8. The number of anilines is 4. The average molecular weight is 1710 g/mol. The Labute approximate surface area is 707 Å². The zero-order valence-electron chi connectivity index (χ0n) is 71.1. The molecule has 634 valence electrons. The highest BCUT2D eigenvalue weighted by Gasteiger charge is 2.45. The van der Waals surface area contributed by atoms with E-state index in [4.69, 9.17) is 0 Å². The number of piperidine rings is 4. The second kappa shape index (κ2) is 34.1. The Hall–Kier alpha value is -9.09. The summed E-state index contributed by atoms with van der Waals surface area (Å²) in [6.45, 7) is 36.3. The smallest absolute Gasteiger partial charge is 0.208 e. The fraction of sp³-hybridized carbons (Fsp3) is 0.488. The van der Waals surface area contributed by atoms with Crippen molar-refractivity contribution in [3.05, 3.63) is 143 Å². The third-order valence-corrected chi connectivity index (χ3v) is 26.7. The third kappa shape index (κ3) is 20.6. The van der Waals surface area contributed by atoms with E-state index in [1.54, 1.807) is 54.9 Å². The van der Waals surface area contributed by atoms with E-state index in [0.717, 1.165) is 67.6 Å². The predicted octanol–water partition coefficient (Wildman–Crippen LogP) is 18.5.